The van der Waals surface area contributed by atoms with Gasteiger partial charge >= 0.3 is 0 Å². The highest BCUT2D eigenvalue weighted by atomic mass is 16.3. The molecule has 6 nitrogen and oxygen atoms in total. The third kappa shape index (κ3) is 2.96. The summed E-state index contributed by atoms with van der Waals surface area (Å²) in [5.41, 5.74) is 6.35. The lowest BCUT2D eigenvalue weighted by atomic mass is 10.2. The largest absolute Gasteiger partial charge is 0.392 e. The summed E-state index contributed by atoms with van der Waals surface area (Å²) < 4.78 is 0. The number of nitrogens with one attached hydrogen (secondary N) is 1. The smallest absolute Gasteiger partial charge is 0.267 e. The Balaban J connectivity index is 2.02. The van der Waals surface area contributed by atoms with Gasteiger partial charge in [0.25, 0.3) is 5.91 Å². The average molecular weight is 250 g/mol. The summed E-state index contributed by atoms with van der Waals surface area (Å²) in [5, 5.41) is 12.7. The summed E-state index contributed by atoms with van der Waals surface area (Å²) in [4.78, 5) is 17.0. The van der Waals surface area contributed by atoms with Gasteiger partial charge in [-0.2, -0.15) is 0 Å². The number of likely N-dealkylation sites (N-methyl/N-ethyl adjacent to an activating group) is 1. The van der Waals surface area contributed by atoms with Gasteiger partial charge in [0.15, 0.2) is 0 Å². The van der Waals surface area contributed by atoms with Crippen LogP contribution in [0.4, 0.5) is 5.69 Å². The number of hydrogen-bond donors (Lipinski definition) is 3. The number of rotatable bonds is 4. The Morgan fingerprint density at radius 2 is 2.50 bits per heavy atom. The predicted octanol–water partition coefficient (Wildman–Crippen LogP) is -0.660. The minimum absolute atomic E-state index is 0.259. The van der Waals surface area contributed by atoms with Gasteiger partial charge in [0, 0.05) is 38.1 Å². The van der Waals surface area contributed by atoms with Gasteiger partial charge in [0.1, 0.15) is 5.69 Å². The van der Waals surface area contributed by atoms with E-state index >= 15 is 0 Å². The predicted molar refractivity (Wildman–Crippen MR) is 68.4 cm³/mol. The van der Waals surface area contributed by atoms with E-state index in [4.69, 9.17) is 5.73 Å². The van der Waals surface area contributed by atoms with Crippen LogP contribution in [0, 0.1) is 0 Å². The molecule has 1 saturated heterocycles. The van der Waals surface area contributed by atoms with Gasteiger partial charge in [-0.1, -0.05) is 0 Å². The Hall–Kier alpha value is -1.66. The van der Waals surface area contributed by atoms with Crippen LogP contribution in [0.5, 0.6) is 0 Å². The third-order valence-electron chi connectivity index (χ3n) is 3.13. The fourth-order valence-corrected chi connectivity index (χ4v) is 2.16. The fourth-order valence-electron chi connectivity index (χ4n) is 2.16. The summed E-state index contributed by atoms with van der Waals surface area (Å²) >= 11 is 0. The molecule has 1 amide bonds. The summed E-state index contributed by atoms with van der Waals surface area (Å²) in [6, 6.07) is 3.76. The van der Waals surface area contributed by atoms with Crippen LogP contribution in [0.2, 0.25) is 0 Å². The first-order valence-corrected chi connectivity index (χ1v) is 5.94. The highest BCUT2D eigenvalue weighted by molar-refractivity contribution is 5.91. The molecule has 0 spiro atoms. The summed E-state index contributed by atoms with van der Waals surface area (Å²) in [5.74, 6) is -0.528. The van der Waals surface area contributed by atoms with Crippen molar-refractivity contribution in [2.75, 3.05) is 25.0 Å². The second-order valence-electron chi connectivity index (χ2n) is 4.64. The zero-order valence-corrected chi connectivity index (χ0v) is 10.3. The Morgan fingerprint density at radius 3 is 3.11 bits per heavy atom. The number of carbonyl (C=O) groups excluding carboxylic acids is 1. The van der Waals surface area contributed by atoms with Gasteiger partial charge in [-0.05, 0) is 18.6 Å². The molecule has 1 aromatic heterocycles. The number of nitrogens with two attached hydrogens (primary N) is 1. The van der Waals surface area contributed by atoms with Crippen LogP contribution < -0.4 is 16.0 Å². The maximum atomic E-state index is 11.1. The Bertz CT molecular complexity index is 438. The molecule has 0 aromatic carbocycles. The van der Waals surface area contributed by atoms with Gasteiger partial charge in [-0.3, -0.25) is 9.78 Å². The quantitative estimate of drug-likeness (QED) is 0.660. The van der Waals surface area contributed by atoms with Crippen molar-refractivity contribution in [1.82, 2.24) is 10.3 Å². The fraction of sp³-hybridized carbons (Fsp3) is 0.500. The van der Waals surface area contributed by atoms with E-state index in [1.165, 1.54) is 0 Å². The van der Waals surface area contributed by atoms with Crippen LogP contribution >= 0.6 is 0 Å². The van der Waals surface area contributed by atoms with Crippen LogP contribution in [-0.2, 0) is 0 Å². The van der Waals surface area contributed by atoms with Crippen molar-refractivity contribution >= 4 is 11.6 Å². The number of anilines is 1. The average Bonchev–Trinajstić information content (AvgIpc) is 2.75. The van der Waals surface area contributed by atoms with Gasteiger partial charge in [0.2, 0.25) is 0 Å². The van der Waals surface area contributed by atoms with Crippen LogP contribution in [-0.4, -0.2) is 48.3 Å². The summed E-state index contributed by atoms with van der Waals surface area (Å²) in [7, 11) is 1.94. The van der Waals surface area contributed by atoms with E-state index in [1.54, 1.807) is 12.3 Å². The van der Waals surface area contributed by atoms with Crippen molar-refractivity contribution < 1.29 is 9.90 Å². The second kappa shape index (κ2) is 5.32. The zero-order chi connectivity index (χ0) is 13.1. The molecular formula is C12H18N4O2. The molecular weight excluding hydrogens is 232 g/mol. The number of amides is 1. The number of β-amino-alcohol motifs (C(OH)–C–C–N with tert-alkyl or cyclic N) is 1. The molecule has 0 aliphatic carbocycles. The minimum atomic E-state index is -0.528. The Kier molecular flexibility index (Phi) is 3.78. The van der Waals surface area contributed by atoms with Gasteiger partial charge in [-0.15, -0.1) is 0 Å². The van der Waals surface area contributed by atoms with Crippen LogP contribution in [0.25, 0.3) is 0 Å². The molecule has 1 fully saturated rings. The number of aliphatic hydroxyl groups is 1. The lowest BCUT2D eigenvalue weighted by Crippen LogP contribution is -2.35. The van der Waals surface area contributed by atoms with Crippen LogP contribution in [0.15, 0.2) is 18.3 Å². The zero-order valence-electron chi connectivity index (χ0n) is 10.3. The number of carbonyl (C=O) groups is 1. The van der Waals surface area contributed by atoms with E-state index in [1.807, 2.05) is 18.0 Å². The van der Waals surface area contributed by atoms with E-state index < -0.39 is 5.91 Å². The first-order chi connectivity index (χ1) is 8.56. The SMILES string of the molecule is CN(C[C@@H]1C[C@@H](O)CN1)c1ccnc(C(N)=O)c1. The molecule has 0 unspecified atom stereocenters. The monoisotopic (exact) mass is 250 g/mol. The molecule has 1 aromatic rings. The van der Waals surface area contributed by atoms with E-state index in [-0.39, 0.29) is 17.8 Å². The first kappa shape index (κ1) is 12.8. The van der Waals surface area contributed by atoms with E-state index in [2.05, 4.69) is 10.3 Å². The molecule has 98 valence electrons. The Labute approximate surface area is 106 Å². The van der Waals surface area contributed by atoms with E-state index in [0.29, 0.717) is 6.54 Å². The number of aromatic nitrogens is 1. The second-order valence-corrected chi connectivity index (χ2v) is 4.64. The standard InChI is InChI=1S/C12H18N4O2/c1-16(7-8-4-10(17)6-15-8)9-2-3-14-11(5-9)12(13)18/h2-3,5,8,10,15,17H,4,6-7H2,1H3,(H2,13,18)/t8-,10+/m0/s1. The van der Waals surface area contributed by atoms with Gasteiger partial charge in [-0.25, -0.2) is 0 Å². The molecule has 0 radical (unpaired) electrons. The highest BCUT2D eigenvalue weighted by Gasteiger charge is 2.23. The normalized spacial score (nSPS) is 23.0. The molecule has 0 saturated carbocycles. The minimum Gasteiger partial charge on any atom is -0.392 e. The maximum absolute atomic E-state index is 11.1. The van der Waals surface area contributed by atoms with E-state index in [9.17, 15) is 9.90 Å². The van der Waals surface area contributed by atoms with Crippen molar-refractivity contribution in [1.29, 1.82) is 0 Å². The molecule has 1 aliphatic heterocycles. The van der Waals surface area contributed by atoms with Gasteiger partial charge in [0.05, 0.1) is 6.10 Å². The van der Waals surface area contributed by atoms with Crippen molar-refractivity contribution in [2.24, 2.45) is 5.73 Å². The third-order valence-corrected chi connectivity index (χ3v) is 3.13. The maximum Gasteiger partial charge on any atom is 0.267 e. The molecule has 1 aliphatic rings. The number of aliphatic hydroxyl groups excluding tert-OH is 1. The molecule has 18 heavy (non-hydrogen) atoms. The Morgan fingerprint density at radius 1 is 1.72 bits per heavy atom. The highest BCUT2D eigenvalue weighted by Crippen LogP contribution is 2.15. The van der Waals surface area contributed by atoms with Crippen molar-refractivity contribution in [3.8, 4) is 0 Å². The van der Waals surface area contributed by atoms with Crippen molar-refractivity contribution in [3.63, 3.8) is 0 Å². The summed E-state index contributed by atoms with van der Waals surface area (Å²) in [6.45, 7) is 1.40. The van der Waals surface area contributed by atoms with Crippen LogP contribution in [0.3, 0.4) is 0 Å². The number of hydrogen-bond acceptors (Lipinski definition) is 5. The number of nitrogens with zero attached hydrogens (tertiary/aromatic N) is 2. The van der Waals surface area contributed by atoms with E-state index in [0.717, 1.165) is 18.7 Å². The first-order valence-electron chi connectivity index (χ1n) is 5.94. The molecule has 6 heteroatoms. The number of pyridine rings is 1. The topological polar surface area (TPSA) is 91.5 Å². The summed E-state index contributed by atoms with van der Waals surface area (Å²) in [6.07, 6.45) is 2.06. The lowest BCUT2D eigenvalue weighted by molar-refractivity contribution is 0.0995. The molecule has 2 atom stereocenters. The van der Waals surface area contributed by atoms with Crippen molar-refractivity contribution in [3.05, 3.63) is 24.0 Å². The van der Waals surface area contributed by atoms with Crippen LogP contribution in [0.1, 0.15) is 16.9 Å². The molecule has 2 heterocycles. The van der Waals surface area contributed by atoms with Gasteiger partial charge < -0.3 is 21.1 Å². The molecule has 2 rings (SSSR count). The lowest BCUT2D eigenvalue weighted by Gasteiger charge is -2.23. The molecule has 0 bridgehead atoms. The number of primary amides is 1. The molecule has 4 N–H and O–H groups in total. The van der Waals surface area contributed by atoms with Crippen molar-refractivity contribution in [2.45, 2.75) is 18.6 Å².